The molecule has 0 bridgehead atoms. The van der Waals surface area contributed by atoms with Gasteiger partial charge in [0.15, 0.2) is 0 Å². The van der Waals surface area contributed by atoms with Gasteiger partial charge in [-0.2, -0.15) is 0 Å². The summed E-state index contributed by atoms with van der Waals surface area (Å²) in [4.78, 5) is 30.2. The molecular formula is C6H6CuNaO7. The normalized spacial score (nSPS) is 12.6. The van der Waals surface area contributed by atoms with Crippen molar-refractivity contribution in [2.75, 3.05) is 0 Å². The molecule has 0 saturated heterocycles. The number of carboxylic acid groups (broad SMARTS) is 3. The molecule has 9 heteroatoms. The second kappa shape index (κ2) is 8.09. The van der Waals surface area contributed by atoms with E-state index in [9.17, 15) is 24.6 Å². The topological polar surface area (TPSA) is 138 Å². The third kappa shape index (κ3) is 7.78. The molecule has 1 unspecified atom stereocenters. The van der Waals surface area contributed by atoms with Crippen molar-refractivity contribution in [2.45, 2.75) is 18.4 Å². The predicted molar refractivity (Wildman–Crippen MR) is 31.8 cm³/mol. The van der Waals surface area contributed by atoms with Crippen LogP contribution < -0.4 is 39.8 Å². The van der Waals surface area contributed by atoms with E-state index in [1.54, 1.807) is 0 Å². The fourth-order valence-electron chi connectivity index (χ4n) is 0.696. The first-order valence-electron chi connectivity index (χ1n) is 3.13. The van der Waals surface area contributed by atoms with E-state index in [4.69, 9.17) is 10.2 Å². The van der Waals surface area contributed by atoms with Crippen molar-refractivity contribution in [3.05, 3.63) is 0 Å². The molecule has 0 aliphatic rings. The molecule has 15 heavy (non-hydrogen) atoms. The van der Waals surface area contributed by atoms with Gasteiger partial charge in [0.25, 0.3) is 0 Å². The maximum atomic E-state index is 10.2. The monoisotopic (exact) mass is 276 g/mol. The van der Waals surface area contributed by atoms with Crippen molar-refractivity contribution in [2.24, 2.45) is 0 Å². The van der Waals surface area contributed by atoms with Gasteiger partial charge in [0.2, 0.25) is 0 Å². The van der Waals surface area contributed by atoms with Crippen LogP contribution in [0.25, 0.3) is 0 Å². The van der Waals surface area contributed by atoms with Gasteiger partial charge in [-0.05, 0) is 0 Å². The van der Waals surface area contributed by atoms with Gasteiger partial charge in [-0.25, -0.2) is 0 Å². The van der Waals surface area contributed by atoms with Crippen LogP contribution in [0.4, 0.5) is 0 Å². The molecule has 0 saturated carbocycles. The van der Waals surface area contributed by atoms with Gasteiger partial charge in [0, 0.05) is 12.4 Å². The molecule has 0 radical (unpaired) electrons. The maximum Gasteiger partial charge on any atom is 1.00 e. The van der Waals surface area contributed by atoms with Crippen LogP contribution in [-0.2, 0) is 31.5 Å². The number of hydrogen-bond acceptors (Lipinski definition) is 6. The zero-order valence-corrected chi connectivity index (χ0v) is 10.6. The van der Waals surface area contributed by atoms with Gasteiger partial charge in [-0.1, -0.05) is 0 Å². The van der Waals surface area contributed by atoms with E-state index in [0.29, 0.717) is 0 Å². The minimum atomic E-state index is -2.91. The molecule has 0 amide bonds. The summed E-state index contributed by atoms with van der Waals surface area (Å²) < 4.78 is 0. The Morgan fingerprint density at radius 3 is 1.73 bits per heavy atom. The Bertz CT molecular complexity index is 238. The molecule has 1 atom stereocenters. The molecule has 84 valence electrons. The molecule has 0 aromatic carbocycles. The molecule has 7 nitrogen and oxygen atoms in total. The number of carbonyl (C=O) groups excluding carboxylic acids is 2. The van der Waals surface area contributed by atoms with E-state index >= 15 is 0 Å². The minimum Gasteiger partial charge on any atom is -0.550 e. The van der Waals surface area contributed by atoms with E-state index in [2.05, 4.69) is 0 Å². The van der Waals surface area contributed by atoms with Gasteiger partial charge in [-0.15, -0.1) is 0 Å². The summed E-state index contributed by atoms with van der Waals surface area (Å²) in [5.74, 6) is -5.67. The average molecular weight is 277 g/mol. The van der Waals surface area contributed by atoms with Crippen LogP contribution >= 0.6 is 0 Å². The van der Waals surface area contributed by atoms with Crippen LogP contribution in [0.1, 0.15) is 12.8 Å². The maximum absolute atomic E-state index is 10.2. The number of carbonyl (C=O) groups is 3. The average Bonchev–Trinajstić information content (AvgIpc) is 1.82. The third-order valence-corrected chi connectivity index (χ3v) is 1.26. The van der Waals surface area contributed by atoms with E-state index in [0.717, 1.165) is 0 Å². The molecule has 0 rings (SSSR count). The van der Waals surface area contributed by atoms with Crippen LogP contribution in [0.5, 0.6) is 0 Å². The van der Waals surface area contributed by atoms with E-state index < -0.39 is 36.4 Å². The number of aliphatic carboxylic acids is 3. The van der Waals surface area contributed by atoms with Crippen LogP contribution in [0.15, 0.2) is 0 Å². The van der Waals surface area contributed by atoms with E-state index in [1.165, 1.54) is 0 Å². The molecule has 0 heterocycles. The Kier molecular flexibility index (Phi) is 11.0. The van der Waals surface area contributed by atoms with Crippen molar-refractivity contribution in [1.29, 1.82) is 0 Å². The molecule has 2 N–H and O–H groups in total. The Hall–Kier alpha value is -0.111. The van der Waals surface area contributed by atoms with Crippen molar-refractivity contribution in [3.63, 3.8) is 0 Å². The second-order valence-electron chi connectivity index (χ2n) is 2.44. The first-order valence-corrected chi connectivity index (χ1v) is 3.13. The van der Waals surface area contributed by atoms with Gasteiger partial charge < -0.3 is 30.0 Å². The SMILES string of the molecule is O=C([O-])CC(O)(CC(=O)O)C(=O)[O-].[Cu+].[Na+]. The first kappa shape index (κ1) is 20.3. The van der Waals surface area contributed by atoms with Crippen molar-refractivity contribution < 1.29 is 81.4 Å². The summed E-state index contributed by atoms with van der Waals surface area (Å²) in [5.41, 5.74) is -2.91. The van der Waals surface area contributed by atoms with Gasteiger partial charge in [0.1, 0.15) is 5.60 Å². The zero-order valence-electron chi connectivity index (χ0n) is 7.65. The predicted octanol–water partition coefficient (Wildman–Crippen LogP) is -6.92. The second-order valence-corrected chi connectivity index (χ2v) is 2.44. The molecule has 0 aromatic rings. The quantitative estimate of drug-likeness (QED) is 0.476. The summed E-state index contributed by atoms with van der Waals surface area (Å²) in [7, 11) is 0. The zero-order chi connectivity index (χ0) is 10.6. The Balaban J connectivity index is -0.000000720. The minimum absolute atomic E-state index is 0. The number of hydrogen-bond donors (Lipinski definition) is 2. The molecule has 0 fully saturated rings. The summed E-state index contributed by atoms with van der Waals surface area (Å²) in [5, 5.41) is 37.2. The van der Waals surface area contributed by atoms with Gasteiger partial charge >= 0.3 is 52.6 Å². The molecular weight excluding hydrogens is 271 g/mol. The van der Waals surface area contributed by atoms with Crippen molar-refractivity contribution in [1.82, 2.24) is 0 Å². The van der Waals surface area contributed by atoms with E-state index in [-0.39, 0.29) is 46.6 Å². The Morgan fingerprint density at radius 1 is 1.13 bits per heavy atom. The van der Waals surface area contributed by atoms with Crippen LogP contribution in [-0.4, -0.2) is 33.7 Å². The fraction of sp³-hybridized carbons (Fsp3) is 0.500. The third-order valence-electron chi connectivity index (χ3n) is 1.26. The van der Waals surface area contributed by atoms with Crippen LogP contribution in [0, 0.1) is 0 Å². The van der Waals surface area contributed by atoms with Crippen molar-refractivity contribution in [3.8, 4) is 0 Å². The van der Waals surface area contributed by atoms with Crippen LogP contribution in [0.3, 0.4) is 0 Å². The number of carboxylic acids is 3. The summed E-state index contributed by atoms with van der Waals surface area (Å²) in [6, 6.07) is 0. The van der Waals surface area contributed by atoms with Crippen molar-refractivity contribution >= 4 is 17.9 Å². The number of aliphatic hydroxyl groups is 1. The molecule has 0 aliphatic heterocycles. The first-order chi connectivity index (χ1) is 5.78. The van der Waals surface area contributed by atoms with Gasteiger partial charge in [0.05, 0.1) is 12.4 Å². The molecule has 0 spiro atoms. The molecule has 0 aliphatic carbocycles. The summed E-state index contributed by atoms with van der Waals surface area (Å²) in [6.07, 6.45) is -2.56. The smallest absolute Gasteiger partial charge is 0.550 e. The Morgan fingerprint density at radius 2 is 1.53 bits per heavy atom. The number of rotatable bonds is 5. The fourth-order valence-corrected chi connectivity index (χ4v) is 0.696. The largest absolute Gasteiger partial charge is 1.00 e. The summed E-state index contributed by atoms with van der Waals surface area (Å²) in [6.45, 7) is 0. The van der Waals surface area contributed by atoms with E-state index in [1.807, 2.05) is 0 Å². The van der Waals surface area contributed by atoms with Crippen LogP contribution in [0.2, 0.25) is 0 Å². The molecule has 0 aromatic heterocycles. The Labute approximate surface area is 117 Å². The standard InChI is InChI=1S/C6H8O7.Cu.Na/c7-3(8)1-6(13,5(11)12)2-4(9)10;;/h13H,1-2H2,(H,7,8)(H,9,10)(H,11,12);;/q;2*+1/p-2. The van der Waals surface area contributed by atoms with Gasteiger partial charge in [-0.3, -0.25) is 4.79 Å². The summed E-state index contributed by atoms with van der Waals surface area (Å²) >= 11 is 0.